The largest absolute Gasteiger partial charge is 0.497 e. The SMILES string of the molecule is COc1cc(C)nc(CN2CC3CCCC(N)C3C2)c1.Cl. The quantitative estimate of drug-likeness (QED) is 0.931. The number of hydrogen-bond donors (Lipinski definition) is 1. The Morgan fingerprint density at radius 2 is 2.14 bits per heavy atom. The highest BCUT2D eigenvalue weighted by atomic mass is 35.5. The Kier molecular flexibility index (Phi) is 5.47. The van der Waals surface area contributed by atoms with Gasteiger partial charge in [-0.15, -0.1) is 12.4 Å². The predicted molar refractivity (Wildman–Crippen MR) is 86.9 cm³/mol. The standard InChI is InChI=1S/C16H25N3O.ClH/c1-11-6-14(20-2)7-13(18-11)9-19-8-12-4-3-5-16(17)15(12)10-19;/h6-7,12,15-16H,3-5,8-10,17H2,1-2H3;1H. The highest BCUT2D eigenvalue weighted by Crippen LogP contribution is 2.36. The molecule has 3 unspecified atom stereocenters. The second-order valence-electron chi connectivity index (χ2n) is 6.35. The molecule has 1 aromatic rings. The zero-order chi connectivity index (χ0) is 14.1. The summed E-state index contributed by atoms with van der Waals surface area (Å²) in [4.78, 5) is 7.14. The van der Waals surface area contributed by atoms with Gasteiger partial charge in [0, 0.05) is 43.5 Å². The van der Waals surface area contributed by atoms with Crippen molar-refractivity contribution < 1.29 is 4.74 Å². The van der Waals surface area contributed by atoms with Crippen LogP contribution in [0, 0.1) is 18.8 Å². The summed E-state index contributed by atoms with van der Waals surface area (Å²) in [6, 6.07) is 4.43. The van der Waals surface area contributed by atoms with Crippen LogP contribution in [0.1, 0.15) is 30.7 Å². The fourth-order valence-corrected chi connectivity index (χ4v) is 3.87. The molecule has 118 valence electrons. The average Bonchev–Trinajstić information content (AvgIpc) is 2.82. The molecule has 21 heavy (non-hydrogen) atoms. The van der Waals surface area contributed by atoms with Gasteiger partial charge in [0.15, 0.2) is 0 Å². The van der Waals surface area contributed by atoms with Crippen LogP contribution in [0.25, 0.3) is 0 Å². The van der Waals surface area contributed by atoms with Crippen molar-refractivity contribution in [2.24, 2.45) is 17.6 Å². The number of halogens is 1. The van der Waals surface area contributed by atoms with Crippen LogP contribution in [0.3, 0.4) is 0 Å². The van der Waals surface area contributed by atoms with E-state index in [-0.39, 0.29) is 12.4 Å². The summed E-state index contributed by atoms with van der Waals surface area (Å²) < 4.78 is 5.33. The van der Waals surface area contributed by atoms with Crippen molar-refractivity contribution in [1.29, 1.82) is 0 Å². The summed E-state index contributed by atoms with van der Waals surface area (Å²) in [5.41, 5.74) is 8.41. The first kappa shape index (κ1) is 16.5. The molecule has 0 spiro atoms. The fraction of sp³-hybridized carbons (Fsp3) is 0.688. The Morgan fingerprint density at radius 1 is 1.33 bits per heavy atom. The molecule has 0 amide bonds. The molecule has 2 aliphatic rings. The summed E-state index contributed by atoms with van der Waals surface area (Å²) in [6.07, 6.45) is 3.84. The van der Waals surface area contributed by atoms with Crippen molar-refractivity contribution in [2.75, 3.05) is 20.2 Å². The number of fused-ring (bicyclic) bond motifs is 1. The number of likely N-dealkylation sites (tertiary alicyclic amines) is 1. The highest BCUT2D eigenvalue weighted by Gasteiger charge is 2.38. The first-order valence-electron chi connectivity index (χ1n) is 7.65. The molecule has 0 aromatic carbocycles. The van der Waals surface area contributed by atoms with Crippen LogP contribution in [-0.4, -0.2) is 36.1 Å². The number of aromatic nitrogens is 1. The van der Waals surface area contributed by atoms with Crippen LogP contribution in [0.5, 0.6) is 5.75 Å². The minimum atomic E-state index is 0. The third-order valence-electron chi connectivity index (χ3n) is 4.83. The maximum Gasteiger partial charge on any atom is 0.122 e. The summed E-state index contributed by atoms with van der Waals surface area (Å²) in [7, 11) is 1.71. The molecular weight excluding hydrogens is 286 g/mol. The van der Waals surface area contributed by atoms with Crippen molar-refractivity contribution in [3.8, 4) is 5.75 Å². The van der Waals surface area contributed by atoms with Crippen LogP contribution in [0.15, 0.2) is 12.1 Å². The molecule has 3 rings (SSSR count). The number of nitrogens with two attached hydrogens (primary N) is 1. The van der Waals surface area contributed by atoms with E-state index in [1.54, 1.807) is 7.11 Å². The van der Waals surface area contributed by atoms with Gasteiger partial charge >= 0.3 is 0 Å². The van der Waals surface area contributed by atoms with Gasteiger partial charge in [0.25, 0.3) is 0 Å². The maximum atomic E-state index is 6.28. The zero-order valence-corrected chi connectivity index (χ0v) is 13.7. The molecule has 4 nitrogen and oxygen atoms in total. The third-order valence-corrected chi connectivity index (χ3v) is 4.83. The lowest BCUT2D eigenvalue weighted by molar-refractivity contribution is 0.259. The van der Waals surface area contributed by atoms with E-state index in [2.05, 4.69) is 16.0 Å². The number of hydrogen-bond acceptors (Lipinski definition) is 4. The first-order chi connectivity index (χ1) is 9.65. The Hall–Kier alpha value is -0.840. The Balaban J connectivity index is 0.00000161. The minimum Gasteiger partial charge on any atom is -0.497 e. The second kappa shape index (κ2) is 6.95. The van der Waals surface area contributed by atoms with E-state index < -0.39 is 0 Å². The Morgan fingerprint density at radius 3 is 2.86 bits per heavy atom. The zero-order valence-electron chi connectivity index (χ0n) is 12.9. The normalized spacial score (nSPS) is 28.8. The summed E-state index contributed by atoms with van der Waals surface area (Å²) in [5.74, 6) is 2.39. The highest BCUT2D eigenvalue weighted by molar-refractivity contribution is 5.85. The van der Waals surface area contributed by atoms with E-state index in [1.807, 2.05) is 13.0 Å². The Bertz CT molecular complexity index is 483. The van der Waals surface area contributed by atoms with Gasteiger partial charge in [-0.2, -0.15) is 0 Å². The van der Waals surface area contributed by atoms with E-state index in [1.165, 1.54) is 25.8 Å². The van der Waals surface area contributed by atoms with Crippen LogP contribution >= 0.6 is 12.4 Å². The molecule has 1 aliphatic carbocycles. The van der Waals surface area contributed by atoms with Crippen molar-refractivity contribution in [3.63, 3.8) is 0 Å². The van der Waals surface area contributed by atoms with Gasteiger partial charge in [0.1, 0.15) is 5.75 Å². The second-order valence-corrected chi connectivity index (χ2v) is 6.35. The van der Waals surface area contributed by atoms with E-state index in [9.17, 15) is 0 Å². The molecule has 0 bridgehead atoms. The smallest absolute Gasteiger partial charge is 0.122 e. The number of aryl methyl sites for hydroxylation is 1. The van der Waals surface area contributed by atoms with Crippen LogP contribution in [0.2, 0.25) is 0 Å². The lowest BCUT2D eigenvalue weighted by atomic mass is 9.78. The molecule has 5 heteroatoms. The van der Waals surface area contributed by atoms with Gasteiger partial charge in [-0.05, 0) is 31.6 Å². The molecule has 3 atom stereocenters. The Labute approximate surface area is 133 Å². The lowest BCUT2D eigenvalue weighted by Crippen LogP contribution is -2.38. The van der Waals surface area contributed by atoms with E-state index in [0.29, 0.717) is 12.0 Å². The van der Waals surface area contributed by atoms with Gasteiger partial charge < -0.3 is 10.5 Å². The molecule has 2 N–H and O–H groups in total. The van der Waals surface area contributed by atoms with E-state index in [0.717, 1.165) is 36.1 Å². The van der Waals surface area contributed by atoms with Gasteiger partial charge in [-0.3, -0.25) is 9.88 Å². The summed E-state index contributed by atoms with van der Waals surface area (Å²) >= 11 is 0. The third kappa shape index (κ3) is 3.68. The summed E-state index contributed by atoms with van der Waals surface area (Å²) in [6.45, 7) is 5.24. The molecular formula is C16H26ClN3O. The van der Waals surface area contributed by atoms with Crippen LogP contribution < -0.4 is 10.5 Å². The maximum absolute atomic E-state index is 6.28. The van der Waals surface area contributed by atoms with Gasteiger partial charge in [0.2, 0.25) is 0 Å². The summed E-state index contributed by atoms with van der Waals surface area (Å²) in [5, 5.41) is 0. The first-order valence-corrected chi connectivity index (χ1v) is 7.65. The molecule has 2 heterocycles. The number of rotatable bonds is 3. The van der Waals surface area contributed by atoms with Gasteiger partial charge in [-0.1, -0.05) is 6.42 Å². The van der Waals surface area contributed by atoms with E-state index in [4.69, 9.17) is 10.5 Å². The molecule has 1 aliphatic heterocycles. The van der Waals surface area contributed by atoms with Crippen molar-refractivity contribution in [1.82, 2.24) is 9.88 Å². The molecule has 0 radical (unpaired) electrons. The average molecular weight is 312 g/mol. The molecule has 2 fully saturated rings. The predicted octanol–water partition coefficient (Wildman–Crippen LogP) is 2.38. The van der Waals surface area contributed by atoms with E-state index >= 15 is 0 Å². The van der Waals surface area contributed by atoms with Crippen molar-refractivity contribution >= 4 is 12.4 Å². The van der Waals surface area contributed by atoms with Crippen LogP contribution in [-0.2, 0) is 6.54 Å². The van der Waals surface area contributed by atoms with Crippen molar-refractivity contribution in [3.05, 3.63) is 23.5 Å². The molecule has 1 saturated heterocycles. The lowest BCUT2D eigenvalue weighted by Gasteiger charge is -2.29. The molecule has 1 aromatic heterocycles. The number of ether oxygens (including phenoxy) is 1. The molecule has 1 saturated carbocycles. The number of methoxy groups -OCH3 is 1. The minimum absolute atomic E-state index is 0. The van der Waals surface area contributed by atoms with Gasteiger partial charge in [0.05, 0.1) is 12.8 Å². The fourth-order valence-electron chi connectivity index (χ4n) is 3.87. The van der Waals surface area contributed by atoms with Gasteiger partial charge in [-0.25, -0.2) is 0 Å². The van der Waals surface area contributed by atoms with Crippen LogP contribution in [0.4, 0.5) is 0 Å². The van der Waals surface area contributed by atoms with Crippen molar-refractivity contribution in [2.45, 2.75) is 38.8 Å². The number of pyridine rings is 1. The topological polar surface area (TPSA) is 51.4 Å². The number of nitrogens with zero attached hydrogens (tertiary/aromatic N) is 2. The monoisotopic (exact) mass is 311 g/mol.